The second kappa shape index (κ2) is 7.90. The van der Waals surface area contributed by atoms with Crippen LogP contribution in [0.25, 0.3) is 5.82 Å². The number of rotatable bonds is 3. The Labute approximate surface area is 180 Å². The first kappa shape index (κ1) is 19.3. The number of nitrogens with zero attached hydrogens (tertiary/aromatic N) is 6. The number of amides is 1. The molecule has 2 unspecified atom stereocenters. The van der Waals surface area contributed by atoms with Gasteiger partial charge in [0.2, 0.25) is 6.10 Å². The van der Waals surface area contributed by atoms with E-state index < -0.39 is 6.10 Å². The fraction of sp³-hybridized carbons (Fsp3) is 0.364. The molecule has 0 saturated carbocycles. The van der Waals surface area contributed by atoms with Crippen molar-refractivity contribution in [2.75, 3.05) is 31.1 Å². The number of carbonyl (C=O) groups is 1. The van der Waals surface area contributed by atoms with Gasteiger partial charge in [0.1, 0.15) is 11.9 Å². The van der Waals surface area contributed by atoms with Crippen LogP contribution in [0.1, 0.15) is 12.7 Å². The first-order valence-electron chi connectivity index (χ1n) is 10.4. The number of imidazole rings is 1. The third kappa shape index (κ3) is 3.67. The standard InChI is InChI=1S/C22H24N6O3/c1-15-21(31-18-6-4-3-5-17(18)30-15)22(29)27-13-11-26(12-14-27)19-7-8-20(25-24-19)28-10-9-23-16(28)2/h3-10,15,21H,11-14H2,1-2H3. The van der Waals surface area contributed by atoms with Crippen molar-refractivity contribution < 1.29 is 14.3 Å². The summed E-state index contributed by atoms with van der Waals surface area (Å²) in [6.45, 7) is 6.35. The van der Waals surface area contributed by atoms with E-state index in [1.54, 1.807) is 6.20 Å². The third-order valence-electron chi connectivity index (χ3n) is 5.71. The Morgan fingerprint density at radius 3 is 2.29 bits per heavy atom. The predicted octanol–water partition coefficient (Wildman–Crippen LogP) is 1.85. The number of anilines is 1. The van der Waals surface area contributed by atoms with E-state index in [1.165, 1.54) is 0 Å². The lowest BCUT2D eigenvalue weighted by atomic mass is 10.1. The van der Waals surface area contributed by atoms with Crippen molar-refractivity contribution in [2.24, 2.45) is 0 Å². The smallest absolute Gasteiger partial charge is 0.267 e. The molecule has 0 bridgehead atoms. The van der Waals surface area contributed by atoms with Gasteiger partial charge in [-0.2, -0.15) is 0 Å². The average molecular weight is 420 g/mol. The normalized spacial score (nSPS) is 20.6. The molecule has 9 heteroatoms. The van der Waals surface area contributed by atoms with Gasteiger partial charge in [0.15, 0.2) is 23.1 Å². The van der Waals surface area contributed by atoms with Crippen LogP contribution in [0.15, 0.2) is 48.8 Å². The predicted molar refractivity (Wildman–Crippen MR) is 114 cm³/mol. The fourth-order valence-corrected chi connectivity index (χ4v) is 3.96. The molecular formula is C22H24N6O3. The monoisotopic (exact) mass is 420 g/mol. The fourth-order valence-electron chi connectivity index (χ4n) is 3.96. The minimum Gasteiger partial charge on any atom is -0.482 e. The Kier molecular flexibility index (Phi) is 4.93. The summed E-state index contributed by atoms with van der Waals surface area (Å²) in [4.78, 5) is 21.3. The molecule has 2 atom stereocenters. The number of hydrogen-bond donors (Lipinski definition) is 0. The summed E-state index contributed by atoms with van der Waals surface area (Å²) in [5.74, 6) is 3.64. The van der Waals surface area contributed by atoms with Gasteiger partial charge < -0.3 is 19.3 Å². The second-order valence-electron chi connectivity index (χ2n) is 7.71. The zero-order valence-electron chi connectivity index (χ0n) is 17.5. The molecule has 31 heavy (non-hydrogen) atoms. The largest absolute Gasteiger partial charge is 0.482 e. The molecule has 0 spiro atoms. The molecule has 4 heterocycles. The molecule has 1 saturated heterocycles. The lowest BCUT2D eigenvalue weighted by Crippen LogP contribution is -2.56. The summed E-state index contributed by atoms with van der Waals surface area (Å²) >= 11 is 0. The van der Waals surface area contributed by atoms with Crippen molar-refractivity contribution in [2.45, 2.75) is 26.1 Å². The van der Waals surface area contributed by atoms with E-state index in [4.69, 9.17) is 9.47 Å². The average Bonchev–Trinajstić information content (AvgIpc) is 3.24. The highest BCUT2D eigenvalue weighted by Gasteiger charge is 2.37. The van der Waals surface area contributed by atoms with Gasteiger partial charge in [-0.1, -0.05) is 12.1 Å². The van der Waals surface area contributed by atoms with E-state index in [2.05, 4.69) is 20.1 Å². The van der Waals surface area contributed by atoms with Gasteiger partial charge >= 0.3 is 0 Å². The first-order chi connectivity index (χ1) is 15.1. The van der Waals surface area contributed by atoms with Crippen LogP contribution in [-0.4, -0.2) is 68.9 Å². The molecule has 0 N–H and O–H groups in total. The topological polar surface area (TPSA) is 85.6 Å². The molecule has 1 amide bonds. The van der Waals surface area contributed by atoms with E-state index in [0.717, 1.165) is 17.5 Å². The minimum absolute atomic E-state index is 0.0429. The summed E-state index contributed by atoms with van der Waals surface area (Å²) in [5.41, 5.74) is 0. The minimum atomic E-state index is -0.640. The van der Waals surface area contributed by atoms with Crippen molar-refractivity contribution in [1.82, 2.24) is 24.6 Å². The highest BCUT2D eigenvalue weighted by molar-refractivity contribution is 5.82. The SMILES string of the molecule is Cc1nccn1-c1ccc(N2CCN(C(=O)C3Oc4ccccc4OC3C)CC2)nn1. The van der Waals surface area contributed by atoms with E-state index >= 15 is 0 Å². The van der Waals surface area contributed by atoms with Gasteiger partial charge in [0.05, 0.1) is 0 Å². The van der Waals surface area contributed by atoms with Gasteiger partial charge in [-0.15, -0.1) is 10.2 Å². The van der Waals surface area contributed by atoms with Crippen LogP contribution >= 0.6 is 0 Å². The van der Waals surface area contributed by atoms with Crippen LogP contribution in [0.5, 0.6) is 11.5 Å². The number of piperazine rings is 1. The number of para-hydroxylation sites is 2. The Balaban J connectivity index is 1.21. The third-order valence-corrected chi connectivity index (χ3v) is 5.71. The van der Waals surface area contributed by atoms with Crippen molar-refractivity contribution in [1.29, 1.82) is 0 Å². The summed E-state index contributed by atoms with van der Waals surface area (Å²) in [5, 5.41) is 8.71. The van der Waals surface area contributed by atoms with Crippen molar-refractivity contribution in [3.63, 3.8) is 0 Å². The summed E-state index contributed by atoms with van der Waals surface area (Å²) < 4.78 is 13.7. The molecule has 0 radical (unpaired) electrons. The highest BCUT2D eigenvalue weighted by atomic mass is 16.6. The number of aromatic nitrogens is 4. The molecule has 2 aliphatic rings. The maximum atomic E-state index is 13.1. The highest BCUT2D eigenvalue weighted by Crippen LogP contribution is 2.34. The summed E-state index contributed by atoms with van der Waals surface area (Å²) in [6.07, 6.45) is 2.62. The number of aryl methyl sites for hydroxylation is 1. The first-order valence-corrected chi connectivity index (χ1v) is 10.4. The van der Waals surface area contributed by atoms with E-state index in [-0.39, 0.29) is 12.0 Å². The van der Waals surface area contributed by atoms with Crippen molar-refractivity contribution >= 4 is 11.7 Å². The maximum absolute atomic E-state index is 13.1. The zero-order valence-corrected chi connectivity index (χ0v) is 17.5. The quantitative estimate of drug-likeness (QED) is 0.639. The lowest BCUT2D eigenvalue weighted by molar-refractivity contribution is -0.144. The molecule has 2 aliphatic heterocycles. The van der Waals surface area contributed by atoms with Gasteiger partial charge in [-0.25, -0.2) is 4.98 Å². The number of carbonyl (C=O) groups excluding carboxylic acids is 1. The molecule has 9 nitrogen and oxygen atoms in total. The van der Waals surface area contributed by atoms with Crippen molar-refractivity contribution in [3.8, 4) is 17.3 Å². The number of benzene rings is 1. The van der Waals surface area contributed by atoms with E-state index in [0.29, 0.717) is 37.7 Å². The maximum Gasteiger partial charge on any atom is 0.267 e. The molecule has 160 valence electrons. The van der Waals surface area contributed by atoms with Crippen LogP contribution in [0.2, 0.25) is 0 Å². The van der Waals surface area contributed by atoms with Gasteiger partial charge in [-0.05, 0) is 38.1 Å². The Bertz CT molecular complexity index is 1070. The molecule has 2 aromatic heterocycles. The number of ether oxygens (including phenoxy) is 2. The van der Waals surface area contributed by atoms with Crippen molar-refractivity contribution in [3.05, 3.63) is 54.6 Å². The summed E-state index contributed by atoms with van der Waals surface area (Å²) in [6, 6.07) is 11.3. The van der Waals surface area contributed by atoms with Gasteiger partial charge in [0, 0.05) is 38.6 Å². The van der Waals surface area contributed by atoms with Gasteiger partial charge in [0.25, 0.3) is 5.91 Å². The van der Waals surface area contributed by atoms with Gasteiger partial charge in [-0.3, -0.25) is 9.36 Å². The van der Waals surface area contributed by atoms with Crippen LogP contribution in [0.3, 0.4) is 0 Å². The molecule has 5 rings (SSSR count). The molecule has 3 aromatic rings. The van der Waals surface area contributed by atoms with E-state index in [1.807, 2.05) is 65.9 Å². The second-order valence-corrected chi connectivity index (χ2v) is 7.71. The molecule has 1 aromatic carbocycles. The lowest BCUT2D eigenvalue weighted by Gasteiger charge is -2.39. The van der Waals surface area contributed by atoms with Crippen LogP contribution in [0, 0.1) is 6.92 Å². The Morgan fingerprint density at radius 1 is 0.968 bits per heavy atom. The summed E-state index contributed by atoms with van der Waals surface area (Å²) in [7, 11) is 0. The zero-order chi connectivity index (χ0) is 21.4. The number of hydrogen-bond acceptors (Lipinski definition) is 7. The Hall–Kier alpha value is -3.62. The molecule has 0 aliphatic carbocycles. The molecular weight excluding hydrogens is 396 g/mol. The van der Waals surface area contributed by atoms with Crippen LogP contribution in [-0.2, 0) is 4.79 Å². The van der Waals surface area contributed by atoms with E-state index in [9.17, 15) is 4.79 Å². The number of fused-ring (bicyclic) bond motifs is 1. The molecule has 1 fully saturated rings. The Morgan fingerprint density at radius 2 is 1.65 bits per heavy atom. The van der Waals surface area contributed by atoms with Crippen LogP contribution in [0.4, 0.5) is 5.82 Å². The van der Waals surface area contributed by atoms with Crippen LogP contribution < -0.4 is 14.4 Å².